The second-order valence-electron chi connectivity index (χ2n) is 4.24. The molecule has 1 fully saturated rings. The van der Waals surface area contributed by atoms with Crippen LogP contribution in [0.5, 0.6) is 0 Å². The number of rotatable bonds is 4. The van der Waals surface area contributed by atoms with Gasteiger partial charge >= 0.3 is 0 Å². The van der Waals surface area contributed by atoms with Crippen LogP contribution in [0.15, 0.2) is 18.5 Å². The standard InChI is InChI=1S/C11H15N5/c1-16-10(4-5-14-16)9-6-13-11(15-9)7-12-8-2-3-8/h4-6,8,12H,2-3,7H2,1H3,(H,13,15). The van der Waals surface area contributed by atoms with Gasteiger partial charge in [-0.15, -0.1) is 0 Å². The van der Waals surface area contributed by atoms with Gasteiger partial charge in [-0.05, 0) is 18.9 Å². The third-order valence-electron chi connectivity index (χ3n) is 2.86. The predicted molar refractivity (Wildman–Crippen MR) is 60.7 cm³/mol. The van der Waals surface area contributed by atoms with Crippen molar-refractivity contribution in [2.45, 2.75) is 25.4 Å². The Bertz CT molecular complexity index is 480. The molecule has 84 valence electrons. The maximum Gasteiger partial charge on any atom is 0.120 e. The van der Waals surface area contributed by atoms with Crippen molar-refractivity contribution in [2.24, 2.45) is 7.05 Å². The van der Waals surface area contributed by atoms with Crippen LogP contribution < -0.4 is 5.32 Å². The van der Waals surface area contributed by atoms with Crippen LogP contribution in [-0.4, -0.2) is 25.8 Å². The van der Waals surface area contributed by atoms with Crippen molar-refractivity contribution in [2.75, 3.05) is 0 Å². The Labute approximate surface area is 93.9 Å². The molecule has 1 aliphatic rings. The molecule has 1 saturated carbocycles. The molecule has 3 rings (SSSR count). The third kappa shape index (κ3) is 1.86. The van der Waals surface area contributed by atoms with E-state index in [4.69, 9.17) is 0 Å². The SMILES string of the molecule is Cn1nccc1-c1cnc(CNC2CC2)[nH]1. The topological polar surface area (TPSA) is 58.5 Å². The average Bonchev–Trinajstić information content (AvgIpc) is 2.82. The number of aryl methyl sites for hydroxylation is 1. The van der Waals surface area contributed by atoms with Crippen LogP contribution in [0.4, 0.5) is 0 Å². The zero-order valence-corrected chi connectivity index (χ0v) is 9.27. The van der Waals surface area contributed by atoms with Crippen molar-refractivity contribution < 1.29 is 0 Å². The van der Waals surface area contributed by atoms with Crippen LogP contribution in [0, 0.1) is 0 Å². The fourth-order valence-corrected chi connectivity index (χ4v) is 1.75. The van der Waals surface area contributed by atoms with Crippen molar-refractivity contribution in [3.05, 3.63) is 24.3 Å². The molecule has 0 aromatic carbocycles. The third-order valence-corrected chi connectivity index (χ3v) is 2.86. The van der Waals surface area contributed by atoms with E-state index in [9.17, 15) is 0 Å². The highest BCUT2D eigenvalue weighted by Crippen LogP contribution is 2.19. The Morgan fingerprint density at radius 2 is 2.44 bits per heavy atom. The van der Waals surface area contributed by atoms with Crippen LogP contribution in [-0.2, 0) is 13.6 Å². The molecule has 0 saturated heterocycles. The van der Waals surface area contributed by atoms with Gasteiger partial charge in [0.1, 0.15) is 5.82 Å². The van der Waals surface area contributed by atoms with Crippen LogP contribution in [0.25, 0.3) is 11.4 Å². The summed E-state index contributed by atoms with van der Waals surface area (Å²) in [5.74, 6) is 0.989. The van der Waals surface area contributed by atoms with Gasteiger partial charge in [0, 0.05) is 19.3 Å². The molecule has 2 aromatic heterocycles. The highest BCUT2D eigenvalue weighted by atomic mass is 15.3. The van der Waals surface area contributed by atoms with Gasteiger partial charge < -0.3 is 10.3 Å². The summed E-state index contributed by atoms with van der Waals surface area (Å²) in [5.41, 5.74) is 2.08. The summed E-state index contributed by atoms with van der Waals surface area (Å²) >= 11 is 0. The maximum atomic E-state index is 4.35. The fourth-order valence-electron chi connectivity index (χ4n) is 1.75. The minimum Gasteiger partial charge on any atom is -0.340 e. The summed E-state index contributed by atoms with van der Waals surface area (Å²) in [7, 11) is 1.93. The van der Waals surface area contributed by atoms with Gasteiger partial charge in [-0.2, -0.15) is 5.10 Å². The van der Waals surface area contributed by atoms with Crippen LogP contribution >= 0.6 is 0 Å². The Morgan fingerprint density at radius 3 is 3.12 bits per heavy atom. The zero-order chi connectivity index (χ0) is 11.0. The van der Waals surface area contributed by atoms with Crippen molar-refractivity contribution in [1.82, 2.24) is 25.1 Å². The van der Waals surface area contributed by atoms with Crippen molar-refractivity contribution in [3.8, 4) is 11.4 Å². The summed E-state index contributed by atoms with van der Waals surface area (Å²) in [6, 6.07) is 2.69. The van der Waals surface area contributed by atoms with Crippen LogP contribution in [0.3, 0.4) is 0 Å². The van der Waals surface area contributed by atoms with Gasteiger partial charge in [0.05, 0.1) is 24.1 Å². The second kappa shape index (κ2) is 3.75. The molecule has 2 heterocycles. The van der Waals surface area contributed by atoms with E-state index in [1.807, 2.05) is 24.0 Å². The second-order valence-corrected chi connectivity index (χ2v) is 4.24. The van der Waals surface area contributed by atoms with Gasteiger partial charge in [0.2, 0.25) is 0 Å². The van der Waals surface area contributed by atoms with Crippen molar-refractivity contribution in [1.29, 1.82) is 0 Å². The summed E-state index contributed by atoms with van der Waals surface area (Å²) in [6.07, 6.45) is 6.25. The first-order valence-corrected chi connectivity index (χ1v) is 5.58. The molecular formula is C11H15N5. The molecular weight excluding hydrogens is 202 g/mol. The van der Waals surface area contributed by atoms with E-state index in [-0.39, 0.29) is 0 Å². The number of aromatic amines is 1. The minimum absolute atomic E-state index is 0.713. The first-order valence-electron chi connectivity index (χ1n) is 5.58. The molecule has 5 heteroatoms. The number of hydrogen-bond donors (Lipinski definition) is 2. The van der Waals surface area contributed by atoms with E-state index in [1.165, 1.54) is 12.8 Å². The molecule has 0 aliphatic heterocycles. The van der Waals surface area contributed by atoms with E-state index in [0.29, 0.717) is 6.04 Å². The van der Waals surface area contributed by atoms with Gasteiger partial charge in [0.25, 0.3) is 0 Å². The number of hydrogen-bond acceptors (Lipinski definition) is 3. The normalized spacial score (nSPS) is 15.6. The Kier molecular flexibility index (Phi) is 2.25. The largest absolute Gasteiger partial charge is 0.340 e. The molecule has 5 nitrogen and oxygen atoms in total. The quantitative estimate of drug-likeness (QED) is 0.805. The lowest BCUT2D eigenvalue weighted by Gasteiger charge is -1.99. The van der Waals surface area contributed by atoms with Gasteiger partial charge in [-0.3, -0.25) is 4.68 Å². The molecule has 2 aromatic rings. The van der Waals surface area contributed by atoms with Gasteiger partial charge in [-0.25, -0.2) is 4.98 Å². The minimum atomic E-state index is 0.713. The van der Waals surface area contributed by atoms with Crippen LogP contribution in [0.1, 0.15) is 18.7 Å². The smallest absolute Gasteiger partial charge is 0.120 e. The highest BCUT2D eigenvalue weighted by molar-refractivity contribution is 5.52. The molecule has 0 atom stereocenters. The number of imidazole rings is 1. The van der Waals surface area contributed by atoms with Gasteiger partial charge in [0.15, 0.2) is 0 Å². The van der Waals surface area contributed by atoms with Crippen molar-refractivity contribution >= 4 is 0 Å². The number of nitrogens with one attached hydrogen (secondary N) is 2. The monoisotopic (exact) mass is 217 g/mol. The van der Waals surface area contributed by atoms with E-state index in [0.717, 1.165) is 23.8 Å². The molecule has 0 spiro atoms. The zero-order valence-electron chi connectivity index (χ0n) is 9.27. The summed E-state index contributed by atoms with van der Waals surface area (Å²) < 4.78 is 1.84. The lowest BCUT2D eigenvalue weighted by Crippen LogP contribution is -2.16. The summed E-state index contributed by atoms with van der Waals surface area (Å²) in [4.78, 5) is 7.66. The first kappa shape index (κ1) is 9.59. The van der Waals surface area contributed by atoms with Crippen LogP contribution in [0.2, 0.25) is 0 Å². The molecule has 0 radical (unpaired) electrons. The first-order chi connectivity index (χ1) is 7.83. The predicted octanol–water partition coefficient (Wildman–Crippen LogP) is 1.06. The Morgan fingerprint density at radius 1 is 1.56 bits per heavy atom. The lowest BCUT2D eigenvalue weighted by molar-refractivity contribution is 0.664. The van der Waals surface area contributed by atoms with E-state index in [1.54, 1.807) is 6.20 Å². The maximum absolute atomic E-state index is 4.35. The molecule has 0 amide bonds. The number of H-pyrrole nitrogens is 1. The molecule has 0 unspecified atom stereocenters. The average molecular weight is 217 g/mol. The molecule has 2 N–H and O–H groups in total. The van der Waals surface area contributed by atoms with E-state index < -0.39 is 0 Å². The Hall–Kier alpha value is -1.62. The van der Waals surface area contributed by atoms with E-state index >= 15 is 0 Å². The summed E-state index contributed by atoms with van der Waals surface area (Å²) in [6.45, 7) is 0.822. The van der Waals surface area contributed by atoms with Crippen molar-refractivity contribution in [3.63, 3.8) is 0 Å². The molecule has 1 aliphatic carbocycles. The fraction of sp³-hybridized carbons (Fsp3) is 0.455. The lowest BCUT2D eigenvalue weighted by atomic mass is 10.3. The summed E-state index contributed by atoms with van der Waals surface area (Å²) in [5, 5.41) is 7.57. The van der Waals surface area contributed by atoms with E-state index in [2.05, 4.69) is 20.4 Å². The highest BCUT2D eigenvalue weighted by Gasteiger charge is 2.20. The molecule has 0 bridgehead atoms. The number of aromatic nitrogens is 4. The molecule has 16 heavy (non-hydrogen) atoms. The number of nitrogens with zero attached hydrogens (tertiary/aromatic N) is 3. The van der Waals surface area contributed by atoms with Gasteiger partial charge in [-0.1, -0.05) is 0 Å². The Balaban J connectivity index is 1.74.